The van der Waals surface area contributed by atoms with Crippen molar-refractivity contribution in [2.45, 2.75) is 58.2 Å². The van der Waals surface area contributed by atoms with Crippen molar-refractivity contribution < 1.29 is 19.4 Å². The quantitative estimate of drug-likeness (QED) is 0.566. The largest absolute Gasteiger partial charge is 0.490 e. The molecule has 0 fully saturated rings. The lowest BCUT2D eigenvalue weighted by Gasteiger charge is -2.19. The fourth-order valence-electron chi connectivity index (χ4n) is 2.63. The number of carbonyl (C=O) groups is 1. The molecular formula is C21H28O4. The van der Waals surface area contributed by atoms with E-state index < -0.39 is 11.7 Å². The second-order valence-electron chi connectivity index (χ2n) is 7.27. The minimum Gasteiger partial charge on any atom is -0.490 e. The van der Waals surface area contributed by atoms with Crippen molar-refractivity contribution in [3.8, 4) is 5.75 Å². The number of aliphatic hydroxyl groups is 1. The van der Waals surface area contributed by atoms with Crippen LogP contribution in [-0.4, -0.2) is 29.4 Å². The average Bonchev–Trinajstić information content (AvgIpc) is 2.55. The van der Waals surface area contributed by atoms with Crippen LogP contribution in [0.4, 0.5) is 0 Å². The number of carbonyl (C=O) groups excluding carboxylic acids is 1. The molecule has 0 aliphatic heterocycles. The number of fused-ring (bicyclic) bond motifs is 1. The summed E-state index contributed by atoms with van der Waals surface area (Å²) in [5.41, 5.74) is -0.442. The standard InChI is InChI=1S/C21H28O4/c1-21(2,3)25-20(23)14-7-5-11-17(22)15-24-19-13-8-10-16-9-4-6-12-18(16)19/h4,6,8-10,12-13,17,22H,5,7,11,14-15H2,1-3H3/t17-/m0/s1. The molecule has 1 N–H and O–H groups in total. The van der Waals surface area contributed by atoms with Crippen molar-refractivity contribution >= 4 is 16.7 Å². The van der Waals surface area contributed by atoms with Gasteiger partial charge in [-0.2, -0.15) is 0 Å². The summed E-state index contributed by atoms with van der Waals surface area (Å²) in [6.07, 6.45) is 1.92. The average molecular weight is 344 g/mol. The molecule has 2 rings (SSSR count). The maximum absolute atomic E-state index is 11.6. The van der Waals surface area contributed by atoms with Crippen molar-refractivity contribution in [2.75, 3.05) is 6.61 Å². The molecule has 4 nitrogen and oxygen atoms in total. The Morgan fingerprint density at radius 1 is 1.08 bits per heavy atom. The Kier molecular flexibility index (Phi) is 6.82. The zero-order valence-corrected chi connectivity index (χ0v) is 15.3. The van der Waals surface area contributed by atoms with Gasteiger partial charge in [0.25, 0.3) is 0 Å². The lowest BCUT2D eigenvalue weighted by molar-refractivity contribution is -0.154. The van der Waals surface area contributed by atoms with Gasteiger partial charge in [-0.25, -0.2) is 0 Å². The van der Waals surface area contributed by atoms with E-state index in [9.17, 15) is 9.90 Å². The van der Waals surface area contributed by atoms with Crippen LogP contribution >= 0.6 is 0 Å². The molecule has 0 aliphatic carbocycles. The van der Waals surface area contributed by atoms with E-state index in [1.54, 1.807) is 0 Å². The highest BCUT2D eigenvalue weighted by atomic mass is 16.6. The molecule has 0 saturated heterocycles. The molecule has 0 saturated carbocycles. The third-order valence-electron chi connectivity index (χ3n) is 3.77. The van der Waals surface area contributed by atoms with E-state index in [0.29, 0.717) is 19.3 Å². The van der Waals surface area contributed by atoms with Gasteiger partial charge in [-0.3, -0.25) is 4.79 Å². The number of unbranched alkanes of at least 4 members (excludes halogenated alkanes) is 1. The van der Waals surface area contributed by atoms with Crippen LogP contribution in [0.1, 0.15) is 46.5 Å². The lowest BCUT2D eigenvalue weighted by Crippen LogP contribution is -2.23. The SMILES string of the molecule is CC(C)(C)OC(=O)CCCC[C@H](O)COc1cccc2ccccc12. The number of benzene rings is 2. The molecule has 0 amide bonds. The van der Waals surface area contributed by atoms with Crippen molar-refractivity contribution in [1.29, 1.82) is 0 Å². The Bertz CT molecular complexity index is 682. The van der Waals surface area contributed by atoms with Gasteiger partial charge in [0, 0.05) is 11.8 Å². The van der Waals surface area contributed by atoms with Gasteiger partial charge in [0.15, 0.2) is 0 Å². The molecule has 136 valence electrons. The lowest BCUT2D eigenvalue weighted by atomic mass is 10.1. The first-order chi connectivity index (χ1) is 11.8. The zero-order valence-electron chi connectivity index (χ0n) is 15.3. The minimum absolute atomic E-state index is 0.186. The second-order valence-corrected chi connectivity index (χ2v) is 7.27. The first kappa shape index (κ1) is 19.3. The van der Waals surface area contributed by atoms with Crippen LogP contribution in [0.15, 0.2) is 42.5 Å². The molecule has 1 atom stereocenters. The van der Waals surface area contributed by atoms with Crippen molar-refractivity contribution in [2.24, 2.45) is 0 Å². The zero-order chi connectivity index (χ0) is 18.3. The summed E-state index contributed by atoms with van der Waals surface area (Å²) < 4.78 is 11.0. The van der Waals surface area contributed by atoms with Crippen LogP contribution in [-0.2, 0) is 9.53 Å². The summed E-state index contributed by atoms with van der Waals surface area (Å²) in [6.45, 7) is 5.83. The van der Waals surface area contributed by atoms with Gasteiger partial charge >= 0.3 is 5.97 Å². The maximum atomic E-state index is 11.6. The van der Waals surface area contributed by atoms with Crippen LogP contribution < -0.4 is 4.74 Å². The van der Waals surface area contributed by atoms with Crippen molar-refractivity contribution in [1.82, 2.24) is 0 Å². The van der Waals surface area contributed by atoms with Crippen LogP contribution in [0.2, 0.25) is 0 Å². The Balaban J connectivity index is 1.70. The topological polar surface area (TPSA) is 55.8 Å². The van der Waals surface area contributed by atoms with E-state index in [4.69, 9.17) is 9.47 Å². The van der Waals surface area contributed by atoms with Crippen LogP contribution in [0, 0.1) is 0 Å². The summed E-state index contributed by atoms with van der Waals surface area (Å²) in [5.74, 6) is 0.597. The number of hydrogen-bond donors (Lipinski definition) is 1. The van der Waals surface area contributed by atoms with Gasteiger partial charge < -0.3 is 14.6 Å². The van der Waals surface area contributed by atoms with E-state index in [-0.39, 0.29) is 12.6 Å². The Labute approximate surface area is 149 Å². The van der Waals surface area contributed by atoms with Gasteiger partial charge in [0.05, 0.1) is 6.10 Å². The molecule has 25 heavy (non-hydrogen) atoms. The summed E-state index contributed by atoms with van der Waals surface area (Å²) in [6, 6.07) is 13.9. The molecule has 0 aromatic heterocycles. The number of esters is 1. The predicted molar refractivity (Wildman–Crippen MR) is 99.8 cm³/mol. The van der Waals surface area contributed by atoms with E-state index in [1.807, 2.05) is 63.2 Å². The molecule has 0 unspecified atom stereocenters. The highest BCUT2D eigenvalue weighted by molar-refractivity contribution is 5.88. The molecule has 4 heteroatoms. The van der Waals surface area contributed by atoms with Gasteiger partial charge in [-0.1, -0.05) is 42.8 Å². The van der Waals surface area contributed by atoms with E-state index in [0.717, 1.165) is 22.9 Å². The van der Waals surface area contributed by atoms with E-state index >= 15 is 0 Å². The Morgan fingerprint density at radius 2 is 1.80 bits per heavy atom. The molecule has 0 spiro atoms. The predicted octanol–water partition coefficient (Wildman–Crippen LogP) is 4.48. The fraction of sp³-hybridized carbons (Fsp3) is 0.476. The number of ether oxygens (including phenoxy) is 2. The van der Waals surface area contributed by atoms with Gasteiger partial charge in [-0.15, -0.1) is 0 Å². The number of aliphatic hydroxyl groups excluding tert-OH is 1. The monoisotopic (exact) mass is 344 g/mol. The smallest absolute Gasteiger partial charge is 0.306 e. The van der Waals surface area contributed by atoms with Gasteiger partial charge in [-0.05, 0) is 45.1 Å². The van der Waals surface area contributed by atoms with Crippen LogP contribution in [0.5, 0.6) is 5.75 Å². The molecular weight excluding hydrogens is 316 g/mol. The number of rotatable bonds is 8. The fourth-order valence-corrected chi connectivity index (χ4v) is 2.63. The highest BCUT2D eigenvalue weighted by Gasteiger charge is 2.16. The number of hydrogen-bond acceptors (Lipinski definition) is 4. The van der Waals surface area contributed by atoms with Crippen LogP contribution in [0.25, 0.3) is 10.8 Å². The first-order valence-electron chi connectivity index (χ1n) is 8.85. The Morgan fingerprint density at radius 3 is 2.56 bits per heavy atom. The summed E-state index contributed by atoms with van der Waals surface area (Å²) in [7, 11) is 0. The minimum atomic E-state index is -0.544. The normalized spacial score (nSPS) is 12.8. The summed E-state index contributed by atoms with van der Waals surface area (Å²) >= 11 is 0. The molecule has 0 bridgehead atoms. The third-order valence-corrected chi connectivity index (χ3v) is 3.77. The highest BCUT2D eigenvalue weighted by Crippen LogP contribution is 2.25. The van der Waals surface area contributed by atoms with E-state index in [2.05, 4.69) is 0 Å². The molecule has 0 radical (unpaired) electrons. The maximum Gasteiger partial charge on any atom is 0.306 e. The first-order valence-corrected chi connectivity index (χ1v) is 8.85. The molecule has 0 heterocycles. The molecule has 2 aromatic carbocycles. The summed E-state index contributed by atoms with van der Waals surface area (Å²) in [5, 5.41) is 12.3. The third kappa shape index (κ3) is 6.75. The summed E-state index contributed by atoms with van der Waals surface area (Å²) in [4.78, 5) is 11.6. The van der Waals surface area contributed by atoms with Crippen LogP contribution in [0.3, 0.4) is 0 Å². The van der Waals surface area contributed by atoms with Gasteiger partial charge in [0.1, 0.15) is 18.0 Å². The van der Waals surface area contributed by atoms with E-state index in [1.165, 1.54) is 0 Å². The Hall–Kier alpha value is -2.07. The molecule has 2 aromatic rings. The van der Waals surface area contributed by atoms with Crippen molar-refractivity contribution in [3.63, 3.8) is 0 Å². The van der Waals surface area contributed by atoms with Crippen molar-refractivity contribution in [3.05, 3.63) is 42.5 Å². The second kappa shape index (κ2) is 8.86. The van der Waals surface area contributed by atoms with Gasteiger partial charge in [0.2, 0.25) is 0 Å². The molecule has 0 aliphatic rings.